The van der Waals surface area contributed by atoms with Gasteiger partial charge in [-0.2, -0.15) is 0 Å². The molecule has 7 heteroatoms. The summed E-state index contributed by atoms with van der Waals surface area (Å²) in [5.41, 5.74) is 2.39. The fourth-order valence-corrected chi connectivity index (χ4v) is 2.30. The van der Waals surface area contributed by atoms with Crippen molar-refractivity contribution >= 4 is 23.6 Å². The van der Waals surface area contributed by atoms with E-state index in [1.807, 2.05) is 26.2 Å². The second-order valence-corrected chi connectivity index (χ2v) is 6.23. The Morgan fingerprint density at radius 3 is 2.65 bits per heavy atom. The van der Waals surface area contributed by atoms with Crippen LogP contribution < -0.4 is 11.3 Å². The topological polar surface area (TPSA) is 94.6 Å². The molecule has 1 aromatic rings. The molecule has 0 aliphatic heterocycles. The average Bonchev–Trinajstić information content (AvgIpc) is 2.68. The van der Waals surface area contributed by atoms with E-state index in [2.05, 4.69) is 0 Å². The van der Waals surface area contributed by atoms with E-state index in [9.17, 15) is 9.59 Å². The summed E-state index contributed by atoms with van der Waals surface area (Å²) in [7, 11) is 0. The molecule has 6 nitrogen and oxygen atoms in total. The third kappa shape index (κ3) is 5.26. The Morgan fingerprint density at radius 1 is 1.45 bits per heavy atom. The van der Waals surface area contributed by atoms with Gasteiger partial charge in [0.05, 0.1) is 5.75 Å². The van der Waals surface area contributed by atoms with Gasteiger partial charge >= 0.3 is 11.9 Å². The molecule has 0 fully saturated rings. The van der Waals surface area contributed by atoms with Crippen molar-refractivity contribution in [2.45, 2.75) is 39.0 Å². The van der Waals surface area contributed by atoms with Crippen molar-refractivity contribution < 1.29 is 18.7 Å². The molecule has 0 spiro atoms. The highest BCUT2D eigenvalue weighted by Crippen LogP contribution is 2.21. The van der Waals surface area contributed by atoms with Gasteiger partial charge in [0.25, 0.3) is 0 Å². The lowest BCUT2D eigenvalue weighted by Crippen LogP contribution is -2.29. The van der Waals surface area contributed by atoms with Crippen molar-refractivity contribution in [3.63, 3.8) is 0 Å². The second-order valence-electron chi connectivity index (χ2n) is 5.24. The van der Waals surface area contributed by atoms with Gasteiger partial charge < -0.3 is 9.15 Å². The third-order valence-electron chi connectivity index (χ3n) is 2.27. The number of furan rings is 1. The molecule has 0 aliphatic rings. The van der Waals surface area contributed by atoms with E-state index in [0.29, 0.717) is 11.5 Å². The highest BCUT2D eigenvalue weighted by molar-refractivity contribution is 7.99. The van der Waals surface area contributed by atoms with Crippen LogP contribution in [0.25, 0.3) is 0 Å². The normalized spacial score (nSPS) is 11.2. The minimum Gasteiger partial charge on any atom is -0.459 e. The molecule has 0 unspecified atom stereocenters. The van der Waals surface area contributed by atoms with Crippen LogP contribution in [0.3, 0.4) is 0 Å². The van der Waals surface area contributed by atoms with Crippen molar-refractivity contribution in [3.8, 4) is 0 Å². The van der Waals surface area contributed by atoms with Crippen LogP contribution in [0.15, 0.2) is 10.5 Å². The maximum Gasteiger partial charge on any atom is 0.316 e. The first-order valence-corrected chi connectivity index (χ1v) is 7.28. The first kappa shape index (κ1) is 16.6. The van der Waals surface area contributed by atoms with E-state index in [-0.39, 0.29) is 17.5 Å². The number of nitrogens with two attached hydrogens (primary N) is 1. The van der Waals surface area contributed by atoms with Crippen LogP contribution in [0, 0.1) is 6.92 Å². The van der Waals surface area contributed by atoms with Gasteiger partial charge in [-0.15, -0.1) is 11.8 Å². The molecule has 0 aliphatic carbocycles. The Morgan fingerprint density at radius 2 is 2.10 bits per heavy atom. The van der Waals surface area contributed by atoms with Crippen LogP contribution in [0.2, 0.25) is 0 Å². The minimum atomic E-state index is -0.477. The minimum absolute atomic E-state index is 0.165. The van der Waals surface area contributed by atoms with Crippen LogP contribution in [-0.4, -0.2) is 23.2 Å². The summed E-state index contributed by atoms with van der Waals surface area (Å²) in [5, 5.41) is 0. The summed E-state index contributed by atoms with van der Waals surface area (Å²) in [5.74, 6) is 5.92. The van der Waals surface area contributed by atoms with Crippen LogP contribution in [0.5, 0.6) is 0 Å². The Balaban J connectivity index is 2.48. The molecular formula is C13H20N2O4S. The summed E-state index contributed by atoms with van der Waals surface area (Å²) in [6.45, 7) is 7.24. The first-order chi connectivity index (χ1) is 9.23. The largest absolute Gasteiger partial charge is 0.459 e. The molecule has 0 saturated heterocycles. The molecule has 20 heavy (non-hydrogen) atoms. The highest BCUT2D eigenvalue weighted by atomic mass is 32.2. The molecule has 0 aromatic carbocycles. The number of carbonyl (C=O) groups is 2. The Kier molecular flexibility index (Phi) is 5.64. The van der Waals surface area contributed by atoms with Crippen molar-refractivity contribution in [2.75, 3.05) is 5.75 Å². The van der Waals surface area contributed by atoms with Gasteiger partial charge in [0, 0.05) is 11.3 Å². The number of nitrogens with one attached hydrogen (secondary N) is 1. The number of amides is 1. The first-order valence-electron chi connectivity index (χ1n) is 6.13. The van der Waals surface area contributed by atoms with E-state index in [4.69, 9.17) is 15.0 Å². The molecule has 0 atom stereocenters. The fraction of sp³-hybridized carbons (Fsp3) is 0.538. The molecule has 1 heterocycles. The number of rotatable bonds is 5. The Hall–Kier alpha value is -1.47. The quantitative estimate of drug-likeness (QED) is 0.372. The standard InChI is InChI=1S/C13H20N2O4S/c1-8-9(5-10(18-8)12(17)15-14)6-20-7-11(16)19-13(2,3)4/h5H,6-7,14H2,1-4H3,(H,15,17). The van der Waals surface area contributed by atoms with Gasteiger partial charge in [-0.25, -0.2) is 5.84 Å². The second kappa shape index (κ2) is 6.81. The summed E-state index contributed by atoms with van der Waals surface area (Å²) < 4.78 is 10.5. The summed E-state index contributed by atoms with van der Waals surface area (Å²) >= 11 is 1.40. The molecule has 3 N–H and O–H groups in total. The van der Waals surface area contributed by atoms with Crippen molar-refractivity contribution in [3.05, 3.63) is 23.2 Å². The van der Waals surface area contributed by atoms with Gasteiger partial charge in [0.15, 0.2) is 5.76 Å². The van der Waals surface area contributed by atoms with Gasteiger partial charge in [0.2, 0.25) is 0 Å². The maximum atomic E-state index is 11.5. The zero-order valence-corrected chi connectivity index (χ0v) is 12.9. The number of carbonyl (C=O) groups excluding carboxylic acids is 2. The van der Waals surface area contributed by atoms with Crippen molar-refractivity contribution in [1.29, 1.82) is 0 Å². The molecule has 1 rings (SSSR count). The van der Waals surface area contributed by atoms with E-state index in [1.165, 1.54) is 11.8 Å². The molecule has 0 saturated carbocycles. The van der Waals surface area contributed by atoms with Crippen LogP contribution in [0.4, 0.5) is 0 Å². The molecule has 0 radical (unpaired) electrons. The molecule has 1 amide bonds. The van der Waals surface area contributed by atoms with E-state index in [1.54, 1.807) is 13.0 Å². The zero-order chi connectivity index (χ0) is 15.3. The number of hydrazine groups is 1. The van der Waals surface area contributed by atoms with Crippen LogP contribution >= 0.6 is 11.8 Å². The van der Waals surface area contributed by atoms with E-state index < -0.39 is 11.5 Å². The van der Waals surface area contributed by atoms with Crippen molar-refractivity contribution in [1.82, 2.24) is 5.43 Å². The predicted molar refractivity (Wildman–Crippen MR) is 77.1 cm³/mol. The lowest BCUT2D eigenvalue weighted by molar-refractivity contribution is -0.151. The Bertz CT molecular complexity index is 491. The number of aryl methyl sites for hydroxylation is 1. The van der Waals surface area contributed by atoms with Crippen LogP contribution in [0.1, 0.15) is 42.6 Å². The summed E-state index contributed by atoms with van der Waals surface area (Å²) in [4.78, 5) is 22.9. The summed E-state index contributed by atoms with van der Waals surface area (Å²) in [6, 6.07) is 1.62. The monoisotopic (exact) mass is 300 g/mol. The SMILES string of the molecule is Cc1oc(C(=O)NN)cc1CSCC(=O)OC(C)(C)C. The predicted octanol–water partition coefficient (Wildman–Crippen LogP) is 1.77. The number of hydrogen-bond donors (Lipinski definition) is 2. The lowest BCUT2D eigenvalue weighted by atomic mass is 10.2. The fourth-order valence-electron chi connectivity index (χ4n) is 1.46. The third-order valence-corrected chi connectivity index (χ3v) is 3.23. The smallest absolute Gasteiger partial charge is 0.316 e. The lowest BCUT2D eigenvalue weighted by Gasteiger charge is -2.19. The average molecular weight is 300 g/mol. The van der Waals surface area contributed by atoms with E-state index >= 15 is 0 Å². The van der Waals surface area contributed by atoms with E-state index in [0.717, 1.165) is 5.56 Å². The molecular weight excluding hydrogens is 280 g/mol. The summed E-state index contributed by atoms with van der Waals surface area (Å²) in [6.07, 6.45) is 0. The van der Waals surface area contributed by atoms with Gasteiger partial charge in [-0.1, -0.05) is 0 Å². The maximum absolute atomic E-state index is 11.5. The zero-order valence-electron chi connectivity index (χ0n) is 12.1. The number of thioether (sulfide) groups is 1. The number of ether oxygens (including phenoxy) is 1. The molecule has 1 aromatic heterocycles. The van der Waals surface area contributed by atoms with Gasteiger partial charge in [-0.3, -0.25) is 15.0 Å². The molecule has 112 valence electrons. The van der Waals surface area contributed by atoms with Gasteiger partial charge in [-0.05, 0) is 33.8 Å². The van der Waals surface area contributed by atoms with Crippen LogP contribution in [-0.2, 0) is 15.3 Å². The number of nitrogen functional groups attached to an aromatic ring is 1. The van der Waals surface area contributed by atoms with Crippen molar-refractivity contribution in [2.24, 2.45) is 5.84 Å². The number of hydrogen-bond acceptors (Lipinski definition) is 6. The Labute approximate surface area is 122 Å². The molecule has 0 bridgehead atoms. The van der Waals surface area contributed by atoms with Gasteiger partial charge in [0.1, 0.15) is 11.4 Å². The number of esters is 1. The highest BCUT2D eigenvalue weighted by Gasteiger charge is 2.17.